The van der Waals surface area contributed by atoms with Crippen LogP contribution in [0.2, 0.25) is 0 Å². The molecule has 0 saturated heterocycles. The van der Waals surface area contributed by atoms with E-state index in [9.17, 15) is 23.3 Å². The lowest BCUT2D eigenvalue weighted by Gasteiger charge is -2.10. The molecule has 0 spiro atoms. The SMILES string of the molecule is O=[N+]([O-])c1cc(C(F)(F)F)ccc1N/N=C\c1cc(Br)ccc1OCc1ccc(Br)cc1. The van der Waals surface area contributed by atoms with Crippen LogP contribution >= 0.6 is 31.9 Å². The minimum Gasteiger partial charge on any atom is -0.488 e. The van der Waals surface area contributed by atoms with Crippen molar-refractivity contribution in [1.82, 2.24) is 0 Å². The van der Waals surface area contributed by atoms with Crippen LogP contribution in [-0.4, -0.2) is 11.1 Å². The lowest BCUT2D eigenvalue weighted by atomic mass is 10.1. The van der Waals surface area contributed by atoms with E-state index >= 15 is 0 Å². The van der Waals surface area contributed by atoms with Gasteiger partial charge in [0, 0.05) is 20.6 Å². The molecule has 0 aliphatic rings. The van der Waals surface area contributed by atoms with Crippen molar-refractivity contribution in [3.05, 3.63) is 96.4 Å². The molecule has 0 aliphatic carbocycles. The predicted octanol–water partition coefficient (Wildman–Crippen LogP) is 7.16. The van der Waals surface area contributed by atoms with Crippen LogP contribution in [0.3, 0.4) is 0 Å². The Morgan fingerprint density at radius 1 is 1.03 bits per heavy atom. The maximum absolute atomic E-state index is 12.8. The van der Waals surface area contributed by atoms with Gasteiger partial charge >= 0.3 is 6.18 Å². The van der Waals surface area contributed by atoms with Crippen molar-refractivity contribution in [2.75, 3.05) is 5.43 Å². The number of nitrogens with zero attached hydrogens (tertiary/aromatic N) is 2. The largest absolute Gasteiger partial charge is 0.488 e. The summed E-state index contributed by atoms with van der Waals surface area (Å²) in [5, 5.41) is 15.1. The van der Waals surface area contributed by atoms with E-state index in [-0.39, 0.29) is 5.69 Å². The Kier molecular flexibility index (Phi) is 7.52. The van der Waals surface area contributed by atoms with Gasteiger partial charge < -0.3 is 4.74 Å². The van der Waals surface area contributed by atoms with Crippen molar-refractivity contribution in [2.24, 2.45) is 5.10 Å². The van der Waals surface area contributed by atoms with Gasteiger partial charge in [0.15, 0.2) is 0 Å². The molecule has 0 bridgehead atoms. The molecule has 0 aromatic heterocycles. The van der Waals surface area contributed by atoms with Gasteiger partial charge in [0.1, 0.15) is 18.0 Å². The number of hydrogen-bond acceptors (Lipinski definition) is 5. The summed E-state index contributed by atoms with van der Waals surface area (Å²) in [7, 11) is 0. The zero-order chi connectivity index (χ0) is 23.3. The first-order valence-corrected chi connectivity index (χ1v) is 10.5. The standard InChI is InChI=1S/C21H14Br2F3N3O3/c22-16-4-1-13(2-5-16)12-32-20-8-6-17(23)9-14(20)11-27-28-18-7-3-15(21(24,25)26)10-19(18)29(30)31/h1-11,28H,12H2/b27-11-. The number of halogens is 5. The molecular formula is C21H14Br2F3N3O3. The molecule has 11 heteroatoms. The summed E-state index contributed by atoms with van der Waals surface area (Å²) >= 11 is 6.72. The predicted molar refractivity (Wildman–Crippen MR) is 122 cm³/mol. The molecule has 0 atom stereocenters. The van der Waals surface area contributed by atoms with E-state index in [1.165, 1.54) is 6.21 Å². The Morgan fingerprint density at radius 2 is 1.72 bits per heavy atom. The molecule has 3 rings (SSSR count). The minimum absolute atomic E-state index is 0.174. The highest BCUT2D eigenvalue weighted by Crippen LogP contribution is 2.35. The first kappa shape index (κ1) is 23.7. The van der Waals surface area contributed by atoms with Crippen LogP contribution in [0.1, 0.15) is 16.7 Å². The molecule has 0 amide bonds. The van der Waals surface area contributed by atoms with Gasteiger partial charge in [0.25, 0.3) is 5.69 Å². The van der Waals surface area contributed by atoms with Gasteiger partial charge in [-0.05, 0) is 48.0 Å². The summed E-state index contributed by atoms with van der Waals surface area (Å²) in [5.74, 6) is 0.503. The number of hydrogen-bond donors (Lipinski definition) is 1. The van der Waals surface area contributed by atoms with Crippen LogP contribution in [0.15, 0.2) is 74.7 Å². The van der Waals surface area contributed by atoms with Gasteiger partial charge in [-0.15, -0.1) is 0 Å². The van der Waals surface area contributed by atoms with Gasteiger partial charge in [-0.2, -0.15) is 18.3 Å². The highest BCUT2D eigenvalue weighted by atomic mass is 79.9. The zero-order valence-corrected chi connectivity index (χ0v) is 19.2. The number of hydrazone groups is 1. The fourth-order valence-electron chi connectivity index (χ4n) is 2.62. The lowest BCUT2D eigenvalue weighted by molar-refractivity contribution is -0.384. The Labute approximate surface area is 197 Å². The van der Waals surface area contributed by atoms with E-state index in [2.05, 4.69) is 42.4 Å². The molecule has 0 saturated carbocycles. The van der Waals surface area contributed by atoms with Gasteiger partial charge in [-0.1, -0.05) is 44.0 Å². The highest BCUT2D eigenvalue weighted by Gasteiger charge is 2.33. The number of ether oxygens (including phenoxy) is 1. The van der Waals surface area contributed by atoms with Crippen molar-refractivity contribution in [1.29, 1.82) is 0 Å². The van der Waals surface area contributed by atoms with E-state index in [0.717, 1.165) is 26.6 Å². The average Bonchev–Trinajstić information content (AvgIpc) is 2.73. The normalized spacial score (nSPS) is 11.5. The van der Waals surface area contributed by atoms with Crippen molar-refractivity contribution in [3.8, 4) is 5.75 Å². The molecule has 3 aromatic rings. The van der Waals surface area contributed by atoms with Crippen LogP contribution in [0.25, 0.3) is 0 Å². The van der Waals surface area contributed by atoms with Crippen molar-refractivity contribution in [3.63, 3.8) is 0 Å². The maximum Gasteiger partial charge on any atom is 0.416 e. The first-order chi connectivity index (χ1) is 15.1. The van der Waals surface area contributed by atoms with Crippen LogP contribution in [-0.2, 0) is 12.8 Å². The quantitative estimate of drug-likeness (QED) is 0.185. The molecule has 0 unspecified atom stereocenters. The van der Waals surface area contributed by atoms with Crippen LogP contribution in [0.5, 0.6) is 5.75 Å². The molecular weight excluding hydrogens is 559 g/mol. The second-order valence-electron chi connectivity index (χ2n) is 6.45. The van der Waals surface area contributed by atoms with Crippen LogP contribution < -0.4 is 10.2 Å². The summed E-state index contributed by atoms with van der Waals surface area (Å²) in [6.07, 6.45) is -3.33. The minimum atomic E-state index is -4.69. The summed E-state index contributed by atoms with van der Waals surface area (Å²) in [4.78, 5) is 10.3. The summed E-state index contributed by atoms with van der Waals surface area (Å²) in [6, 6.07) is 15.0. The van der Waals surface area contributed by atoms with E-state index in [1.54, 1.807) is 18.2 Å². The fraction of sp³-hybridized carbons (Fsp3) is 0.0952. The summed E-state index contributed by atoms with van der Waals surface area (Å²) in [5.41, 5.74) is 1.90. The topological polar surface area (TPSA) is 76.8 Å². The second-order valence-corrected chi connectivity index (χ2v) is 8.29. The Hall–Kier alpha value is -2.92. The molecule has 0 aliphatic heterocycles. The van der Waals surface area contributed by atoms with Crippen molar-refractivity contribution < 1.29 is 22.8 Å². The van der Waals surface area contributed by atoms with Gasteiger partial charge in [0.05, 0.1) is 16.7 Å². The molecule has 166 valence electrons. The molecule has 6 nitrogen and oxygen atoms in total. The Bertz CT molecular complexity index is 1150. The van der Waals surface area contributed by atoms with Crippen LogP contribution in [0.4, 0.5) is 24.5 Å². The monoisotopic (exact) mass is 571 g/mol. The molecule has 1 N–H and O–H groups in total. The van der Waals surface area contributed by atoms with E-state index in [4.69, 9.17) is 4.74 Å². The molecule has 32 heavy (non-hydrogen) atoms. The number of nitro groups is 1. The summed E-state index contributed by atoms with van der Waals surface area (Å²) < 4.78 is 46.1. The highest BCUT2D eigenvalue weighted by molar-refractivity contribution is 9.10. The van der Waals surface area contributed by atoms with E-state index in [1.807, 2.05) is 24.3 Å². The van der Waals surface area contributed by atoms with Gasteiger partial charge in [-0.25, -0.2) is 0 Å². The zero-order valence-electron chi connectivity index (χ0n) is 16.1. The third kappa shape index (κ3) is 6.30. The Balaban J connectivity index is 1.78. The Morgan fingerprint density at radius 3 is 2.38 bits per heavy atom. The first-order valence-electron chi connectivity index (χ1n) is 8.95. The average molecular weight is 573 g/mol. The third-order valence-electron chi connectivity index (χ3n) is 4.19. The third-order valence-corrected chi connectivity index (χ3v) is 5.21. The van der Waals surface area contributed by atoms with E-state index < -0.39 is 22.4 Å². The smallest absolute Gasteiger partial charge is 0.416 e. The number of alkyl halides is 3. The molecule has 3 aromatic carbocycles. The number of nitro benzene ring substituents is 1. The lowest BCUT2D eigenvalue weighted by Crippen LogP contribution is -2.06. The van der Waals surface area contributed by atoms with Crippen molar-refractivity contribution in [2.45, 2.75) is 12.8 Å². The number of nitrogens with one attached hydrogen (secondary N) is 1. The van der Waals surface area contributed by atoms with Gasteiger partial charge in [0.2, 0.25) is 0 Å². The number of rotatable bonds is 7. The van der Waals surface area contributed by atoms with E-state index in [0.29, 0.717) is 24.0 Å². The molecule has 0 fully saturated rings. The number of benzene rings is 3. The molecule has 0 radical (unpaired) electrons. The maximum atomic E-state index is 12.8. The summed E-state index contributed by atoms with van der Waals surface area (Å²) in [6.45, 7) is 0.299. The molecule has 0 heterocycles. The number of anilines is 1. The fourth-order valence-corrected chi connectivity index (χ4v) is 3.26. The van der Waals surface area contributed by atoms with Gasteiger partial charge in [-0.3, -0.25) is 15.5 Å². The second kappa shape index (κ2) is 10.1. The van der Waals surface area contributed by atoms with Crippen LogP contribution in [0, 0.1) is 10.1 Å². The van der Waals surface area contributed by atoms with Crippen molar-refractivity contribution >= 4 is 49.4 Å².